The Morgan fingerprint density at radius 2 is 1.77 bits per heavy atom. The molecule has 0 bridgehead atoms. The van der Waals surface area contributed by atoms with Crippen LogP contribution in [0.4, 0.5) is 11.4 Å². The summed E-state index contributed by atoms with van der Waals surface area (Å²) < 4.78 is 33.7. The van der Waals surface area contributed by atoms with Crippen LogP contribution < -0.4 is 14.4 Å². The summed E-state index contributed by atoms with van der Waals surface area (Å²) in [5, 5.41) is 3.35. The summed E-state index contributed by atoms with van der Waals surface area (Å²) in [7, 11) is -3.65. The van der Waals surface area contributed by atoms with Gasteiger partial charge >= 0.3 is 0 Å². The number of fused-ring (bicyclic) bond motifs is 1. The number of nitrogens with zero attached hydrogens (tertiary/aromatic N) is 1. The van der Waals surface area contributed by atoms with Crippen LogP contribution in [-0.4, -0.2) is 26.9 Å². The second kappa shape index (κ2) is 8.10. The summed E-state index contributed by atoms with van der Waals surface area (Å²) in [6, 6.07) is 16.5. The van der Waals surface area contributed by atoms with E-state index in [9.17, 15) is 8.42 Å². The van der Waals surface area contributed by atoms with Gasteiger partial charge in [0.25, 0.3) is 10.0 Å². The third-order valence-corrected chi connectivity index (χ3v) is 6.18. The number of hydrogen-bond donors (Lipinski definition) is 1. The van der Waals surface area contributed by atoms with Crippen LogP contribution in [0.5, 0.6) is 5.75 Å². The van der Waals surface area contributed by atoms with Gasteiger partial charge in [-0.2, -0.15) is 0 Å². The molecular formula is C20H26N2O3S. The molecule has 26 heavy (non-hydrogen) atoms. The zero-order valence-electron chi connectivity index (χ0n) is 15.3. The van der Waals surface area contributed by atoms with Crippen LogP contribution in [0.15, 0.2) is 54.6 Å². The average molecular weight is 375 g/mol. The van der Waals surface area contributed by atoms with E-state index in [1.165, 1.54) is 4.31 Å². The fourth-order valence-electron chi connectivity index (χ4n) is 3.02. The molecule has 1 N–H and O–H groups in total. The number of nitrogens with one attached hydrogen (secondary N) is 1. The van der Waals surface area contributed by atoms with Crippen molar-refractivity contribution in [2.45, 2.75) is 32.1 Å². The van der Waals surface area contributed by atoms with Crippen molar-refractivity contribution >= 4 is 21.4 Å². The van der Waals surface area contributed by atoms with E-state index in [1.54, 1.807) is 18.2 Å². The molecule has 0 saturated carbocycles. The monoisotopic (exact) mass is 374 g/mol. The summed E-state index contributed by atoms with van der Waals surface area (Å²) in [6.07, 6.45) is 1.19. The molecule has 2 aromatic rings. The topological polar surface area (TPSA) is 58.6 Å². The third-order valence-electron chi connectivity index (χ3n) is 4.27. The van der Waals surface area contributed by atoms with Crippen LogP contribution in [0.25, 0.3) is 0 Å². The molecule has 6 heteroatoms. The van der Waals surface area contributed by atoms with Crippen LogP contribution in [0.2, 0.25) is 0 Å². The van der Waals surface area contributed by atoms with Crippen molar-refractivity contribution in [1.29, 1.82) is 0 Å². The number of sulfonamides is 1. The molecule has 1 heterocycles. The van der Waals surface area contributed by atoms with Crippen molar-refractivity contribution in [2.24, 2.45) is 5.92 Å². The van der Waals surface area contributed by atoms with Gasteiger partial charge in [-0.3, -0.25) is 0 Å². The molecule has 2 aromatic carbocycles. The molecule has 1 atom stereocenters. The zero-order valence-corrected chi connectivity index (χ0v) is 16.1. The van der Waals surface area contributed by atoms with Gasteiger partial charge in [0.2, 0.25) is 5.44 Å². The van der Waals surface area contributed by atoms with Crippen LogP contribution in [0.3, 0.4) is 0 Å². The van der Waals surface area contributed by atoms with E-state index in [-0.39, 0.29) is 0 Å². The van der Waals surface area contributed by atoms with Crippen LogP contribution in [-0.2, 0) is 10.0 Å². The first-order valence-electron chi connectivity index (χ1n) is 9.05. The summed E-state index contributed by atoms with van der Waals surface area (Å²) in [6.45, 7) is 6.00. The highest BCUT2D eigenvalue weighted by molar-refractivity contribution is 7.93. The fraction of sp³-hybridized carbons (Fsp3) is 0.400. The Kier molecular flexibility index (Phi) is 5.84. The predicted octanol–water partition coefficient (Wildman–Crippen LogP) is 3.90. The van der Waals surface area contributed by atoms with Gasteiger partial charge in [-0.25, -0.2) is 12.7 Å². The van der Waals surface area contributed by atoms with Crippen molar-refractivity contribution in [3.8, 4) is 5.75 Å². The average Bonchev–Trinajstić information content (AvgIpc) is 2.62. The largest absolute Gasteiger partial charge is 0.470 e. The number of hydrogen-bond acceptors (Lipinski definition) is 4. The van der Waals surface area contributed by atoms with Gasteiger partial charge in [0, 0.05) is 6.42 Å². The molecule has 140 valence electrons. The van der Waals surface area contributed by atoms with Gasteiger partial charge in [-0.1, -0.05) is 44.2 Å². The van der Waals surface area contributed by atoms with Crippen LogP contribution >= 0.6 is 0 Å². The first-order valence-corrected chi connectivity index (χ1v) is 10.6. The van der Waals surface area contributed by atoms with E-state index in [4.69, 9.17) is 4.74 Å². The molecule has 1 aliphatic rings. The summed E-state index contributed by atoms with van der Waals surface area (Å²) in [5.41, 5.74) is 0.317. The molecule has 0 saturated heterocycles. The minimum atomic E-state index is -3.65. The Balaban J connectivity index is 1.83. The van der Waals surface area contributed by atoms with E-state index in [0.29, 0.717) is 29.5 Å². The second-order valence-corrected chi connectivity index (χ2v) is 8.82. The third kappa shape index (κ3) is 4.02. The molecule has 3 rings (SSSR count). The van der Waals surface area contributed by atoms with Crippen LogP contribution in [0, 0.1) is 5.92 Å². The lowest BCUT2D eigenvalue weighted by Gasteiger charge is -2.35. The highest BCUT2D eigenvalue weighted by Crippen LogP contribution is 2.42. The van der Waals surface area contributed by atoms with E-state index in [0.717, 1.165) is 19.5 Å². The first kappa shape index (κ1) is 18.7. The quantitative estimate of drug-likeness (QED) is 0.747. The Morgan fingerprint density at radius 1 is 1.08 bits per heavy atom. The first-order chi connectivity index (χ1) is 12.5. The zero-order chi connectivity index (χ0) is 18.6. The maximum absolute atomic E-state index is 13.2. The molecule has 0 amide bonds. The van der Waals surface area contributed by atoms with Gasteiger partial charge < -0.3 is 10.1 Å². The van der Waals surface area contributed by atoms with Crippen LogP contribution in [0.1, 0.15) is 26.7 Å². The van der Waals surface area contributed by atoms with E-state index >= 15 is 0 Å². The van der Waals surface area contributed by atoms with Gasteiger partial charge in [0.05, 0.1) is 11.4 Å². The van der Waals surface area contributed by atoms with Crippen molar-refractivity contribution in [2.75, 3.05) is 17.4 Å². The molecule has 0 aromatic heterocycles. The molecular weight excluding hydrogens is 348 g/mol. The van der Waals surface area contributed by atoms with Crippen molar-refractivity contribution in [3.63, 3.8) is 0 Å². The fourth-order valence-corrected chi connectivity index (χ4v) is 4.79. The Morgan fingerprint density at radius 3 is 2.50 bits per heavy atom. The minimum absolute atomic E-state index is 0.450. The second-order valence-electron chi connectivity index (χ2n) is 6.90. The standard InChI is InChI=1S/C20H26N2O3S/c1-16(2)15-21-14-8-13-20-25-19-12-7-6-11-18(19)22(26(20,23)24)17-9-4-3-5-10-17/h3-7,9-12,16,20-21H,8,13-15H2,1-2H3. The maximum Gasteiger partial charge on any atom is 0.277 e. The van der Waals surface area contributed by atoms with Crippen molar-refractivity contribution in [3.05, 3.63) is 54.6 Å². The summed E-state index contributed by atoms with van der Waals surface area (Å²) in [4.78, 5) is 0. The van der Waals surface area contributed by atoms with Gasteiger partial charge in [-0.15, -0.1) is 0 Å². The molecule has 0 fully saturated rings. The van der Waals surface area contributed by atoms with Crippen molar-refractivity contribution < 1.29 is 13.2 Å². The highest BCUT2D eigenvalue weighted by Gasteiger charge is 2.40. The number of benzene rings is 2. The molecule has 0 spiro atoms. The lowest BCUT2D eigenvalue weighted by molar-refractivity contribution is 0.254. The number of anilines is 2. The SMILES string of the molecule is CC(C)CNCCCC1Oc2ccccc2N(c2ccccc2)S1(=O)=O. The van der Waals surface area contributed by atoms with E-state index in [1.807, 2.05) is 36.4 Å². The maximum atomic E-state index is 13.2. The normalized spacial score (nSPS) is 18.4. The molecule has 0 aliphatic carbocycles. The highest BCUT2D eigenvalue weighted by atomic mass is 32.2. The molecule has 1 unspecified atom stereocenters. The minimum Gasteiger partial charge on any atom is -0.470 e. The van der Waals surface area contributed by atoms with Gasteiger partial charge in [0.15, 0.2) is 0 Å². The van der Waals surface area contributed by atoms with Gasteiger partial charge in [-0.05, 0) is 49.7 Å². The van der Waals surface area contributed by atoms with Crippen molar-refractivity contribution in [1.82, 2.24) is 5.32 Å². The predicted molar refractivity (Wildman–Crippen MR) is 105 cm³/mol. The Bertz CT molecular complexity index is 822. The summed E-state index contributed by atoms with van der Waals surface area (Å²) in [5.74, 6) is 1.18. The van der Waals surface area contributed by atoms with E-state index < -0.39 is 15.5 Å². The number of rotatable bonds is 7. The molecule has 1 aliphatic heterocycles. The lowest BCUT2D eigenvalue weighted by Crippen LogP contribution is -2.43. The lowest BCUT2D eigenvalue weighted by atomic mass is 10.2. The smallest absolute Gasteiger partial charge is 0.277 e. The number of ether oxygens (including phenoxy) is 1. The van der Waals surface area contributed by atoms with Gasteiger partial charge in [0.1, 0.15) is 5.75 Å². The number of para-hydroxylation sites is 3. The summed E-state index contributed by atoms with van der Waals surface area (Å²) >= 11 is 0. The van der Waals surface area contributed by atoms with E-state index in [2.05, 4.69) is 19.2 Å². The molecule has 5 nitrogen and oxygen atoms in total. The molecule has 0 radical (unpaired) electrons. The Hall–Kier alpha value is -2.05. The Labute approximate surface area is 156 Å².